The number of alkyl halides is 6. The highest BCUT2D eigenvalue weighted by Gasteiger charge is 2.55. The number of methoxy groups -OCH3 is 1. The maximum atomic E-state index is 11.5. The summed E-state index contributed by atoms with van der Waals surface area (Å²) >= 11 is 0. The molecule has 6 nitrogen and oxygen atoms in total. The molecule has 0 aliphatic rings. The molecule has 0 saturated carbocycles. The molecule has 0 radical (unpaired) electrons. The molecule has 19 heavy (non-hydrogen) atoms. The Balaban J connectivity index is 0. The first kappa shape index (κ1) is 20.7. The van der Waals surface area contributed by atoms with E-state index >= 15 is 0 Å². The van der Waals surface area contributed by atoms with Crippen molar-refractivity contribution in [2.45, 2.75) is 17.9 Å². The van der Waals surface area contributed by atoms with Crippen molar-refractivity contribution in [3.8, 4) is 0 Å². The van der Waals surface area contributed by atoms with Crippen molar-refractivity contribution in [3.05, 3.63) is 0 Å². The molecular formula is C5H9F6NO5S2. The fraction of sp³-hybridized carbons (Fsp3) is 1.00. The molecule has 0 aromatic heterocycles. The fourth-order valence-corrected chi connectivity index (χ4v) is 2.15. The molecular weight excluding hydrogens is 332 g/mol. The van der Waals surface area contributed by atoms with E-state index < -0.39 is 35.2 Å². The van der Waals surface area contributed by atoms with Gasteiger partial charge in [-0.25, -0.2) is 16.8 Å². The third kappa shape index (κ3) is 6.93. The normalized spacial score (nSPS) is 13.7. The van der Waals surface area contributed by atoms with Crippen molar-refractivity contribution in [1.29, 1.82) is 0 Å². The molecule has 0 amide bonds. The van der Waals surface area contributed by atoms with E-state index in [1.165, 1.54) is 0 Å². The number of hydrogen-bond acceptors (Lipinski definition) is 5. The van der Waals surface area contributed by atoms with Crippen LogP contribution in [-0.4, -0.2) is 41.6 Å². The third-order valence-electron chi connectivity index (χ3n) is 1.12. The monoisotopic (exact) mass is 341 g/mol. The minimum atomic E-state index is -6.60. The summed E-state index contributed by atoms with van der Waals surface area (Å²) in [6.07, 6.45) is 0. The molecule has 14 heteroatoms. The van der Waals surface area contributed by atoms with E-state index in [0.29, 0.717) is 0 Å². The van der Waals surface area contributed by atoms with Crippen LogP contribution in [0, 0.1) is 0 Å². The van der Waals surface area contributed by atoms with Gasteiger partial charge in [-0.3, -0.25) is 0 Å². The molecule has 0 saturated heterocycles. The highest BCUT2D eigenvalue weighted by Crippen LogP contribution is 2.27. The summed E-state index contributed by atoms with van der Waals surface area (Å²) in [5, 5.41) is 0. The Morgan fingerprint density at radius 1 is 0.895 bits per heavy atom. The van der Waals surface area contributed by atoms with Gasteiger partial charge >= 0.3 is 31.1 Å². The van der Waals surface area contributed by atoms with Crippen molar-refractivity contribution in [2.24, 2.45) is 0 Å². The molecule has 0 aromatic rings. The molecule has 0 heterocycles. The highest BCUT2D eigenvalue weighted by molar-refractivity contribution is 8.05. The van der Waals surface area contributed by atoms with Crippen molar-refractivity contribution in [2.75, 3.05) is 13.7 Å². The third-order valence-corrected chi connectivity index (χ3v) is 4.09. The minimum absolute atomic E-state index is 0.493. The Bertz CT molecular complexity index is 419. The van der Waals surface area contributed by atoms with Gasteiger partial charge in [0.1, 0.15) is 0 Å². The topological polar surface area (TPSA) is 89.5 Å². The first-order valence-electron chi connectivity index (χ1n) is 4.02. The second-order valence-corrected chi connectivity index (χ2v) is 6.17. The lowest BCUT2D eigenvalue weighted by Crippen LogP contribution is -2.45. The second kappa shape index (κ2) is 6.71. The van der Waals surface area contributed by atoms with Crippen LogP contribution in [0.1, 0.15) is 6.92 Å². The summed E-state index contributed by atoms with van der Waals surface area (Å²) < 4.78 is 113. The van der Waals surface area contributed by atoms with Crippen molar-refractivity contribution in [3.63, 3.8) is 0 Å². The zero-order valence-corrected chi connectivity index (χ0v) is 11.0. The van der Waals surface area contributed by atoms with E-state index in [1.807, 2.05) is 6.92 Å². The van der Waals surface area contributed by atoms with Crippen LogP contribution in [0.5, 0.6) is 0 Å². The lowest BCUT2D eigenvalue weighted by atomic mass is 10.9. The van der Waals surface area contributed by atoms with Gasteiger partial charge in [0.25, 0.3) is 0 Å². The van der Waals surface area contributed by atoms with Crippen LogP contribution < -0.4 is 4.13 Å². The van der Waals surface area contributed by atoms with Gasteiger partial charge in [0.2, 0.25) is 0 Å². The van der Waals surface area contributed by atoms with Crippen LogP contribution in [0.2, 0.25) is 0 Å². The van der Waals surface area contributed by atoms with Gasteiger partial charge < -0.3 is 4.74 Å². The summed E-state index contributed by atoms with van der Waals surface area (Å²) in [4.78, 5) is 0. The van der Waals surface area contributed by atoms with Crippen LogP contribution in [-0.2, 0) is 24.8 Å². The number of nitrogens with one attached hydrogen (secondary N) is 1. The van der Waals surface area contributed by atoms with Gasteiger partial charge in [0, 0.05) is 13.7 Å². The summed E-state index contributed by atoms with van der Waals surface area (Å²) in [5.74, 6) is 0. The van der Waals surface area contributed by atoms with E-state index in [9.17, 15) is 43.2 Å². The Kier molecular flexibility index (Phi) is 7.32. The molecule has 0 aliphatic heterocycles. The summed E-state index contributed by atoms with van der Waals surface area (Å²) in [6.45, 7) is 2.78. The molecule has 0 unspecified atom stereocenters. The Hall–Kier alpha value is -0.600. The number of hydrogen-bond donors (Lipinski definition) is 1. The second-order valence-electron chi connectivity index (χ2n) is 2.56. The molecule has 0 fully saturated rings. The molecule has 0 aromatic carbocycles. The molecule has 0 spiro atoms. The summed E-state index contributed by atoms with van der Waals surface area (Å²) in [6, 6.07) is 0. The number of halogens is 6. The van der Waals surface area contributed by atoms with E-state index in [4.69, 9.17) is 0 Å². The molecule has 0 atom stereocenters. The Morgan fingerprint density at radius 2 is 1.11 bits per heavy atom. The molecule has 0 aliphatic carbocycles. The maximum absolute atomic E-state index is 11.5. The van der Waals surface area contributed by atoms with Crippen LogP contribution >= 0.6 is 0 Å². The average Bonchev–Trinajstić information content (AvgIpc) is 2.13. The van der Waals surface area contributed by atoms with Gasteiger partial charge in [-0.1, -0.05) is 4.13 Å². The van der Waals surface area contributed by atoms with Gasteiger partial charge in [0.05, 0.1) is 0 Å². The lowest BCUT2D eigenvalue weighted by Gasteiger charge is -2.11. The molecule has 118 valence electrons. The predicted molar refractivity (Wildman–Crippen MR) is 50.6 cm³/mol. The quantitative estimate of drug-likeness (QED) is 0.772. The van der Waals surface area contributed by atoms with Gasteiger partial charge in [-0.05, 0) is 6.92 Å². The SMILES string of the molecule is CCOC.O=S(=O)(NS(=O)(=O)C(F)(F)F)C(F)(F)F. The zero-order chi connectivity index (χ0) is 16.1. The van der Waals surface area contributed by atoms with Crippen LogP contribution in [0.3, 0.4) is 0 Å². The number of sulfonamides is 2. The molecule has 0 rings (SSSR count). The standard InChI is InChI=1S/C3H8O.C2HF6NO4S2/c1-3-4-2;3-1(4,5)14(10,11)9-15(12,13)2(6,7)8/h3H2,1-2H3;9H. The summed E-state index contributed by atoms with van der Waals surface area (Å²) in [7, 11) is -11.5. The van der Waals surface area contributed by atoms with Gasteiger partial charge in [-0.2, -0.15) is 26.3 Å². The first-order valence-corrected chi connectivity index (χ1v) is 6.99. The predicted octanol–water partition coefficient (Wildman–Crippen LogP) is 0.928. The molecule has 0 bridgehead atoms. The average molecular weight is 341 g/mol. The van der Waals surface area contributed by atoms with E-state index in [0.717, 1.165) is 6.61 Å². The first-order chi connectivity index (χ1) is 8.12. The lowest BCUT2D eigenvalue weighted by molar-refractivity contribution is -0.0476. The van der Waals surface area contributed by atoms with Crippen molar-refractivity contribution < 1.29 is 47.9 Å². The van der Waals surface area contributed by atoms with Crippen LogP contribution in [0.25, 0.3) is 0 Å². The molecule has 1 N–H and O–H groups in total. The minimum Gasteiger partial charge on any atom is -0.385 e. The van der Waals surface area contributed by atoms with Crippen molar-refractivity contribution in [1.82, 2.24) is 4.13 Å². The van der Waals surface area contributed by atoms with Gasteiger partial charge in [-0.15, -0.1) is 0 Å². The Labute approximate surface area is 104 Å². The van der Waals surface area contributed by atoms with E-state index in [-0.39, 0.29) is 0 Å². The number of rotatable bonds is 3. The highest BCUT2D eigenvalue weighted by atomic mass is 32.3. The zero-order valence-electron chi connectivity index (χ0n) is 9.33. The Morgan fingerprint density at radius 3 is 1.21 bits per heavy atom. The van der Waals surface area contributed by atoms with E-state index in [2.05, 4.69) is 4.74 Å². The van der Waals surface area contributed by atoms with Gasteiger partial charge in [0.15, 0.2) is 0 Å². The number of ether oxygens (including phenoxy) is 1. The van der Waals surface area contributed by atoms with Crippen molar-refractivity contribution >= 4 is 20.0 Å². The smallest absolute Gasteiger partial charge is 0.385 e. The largest absolute Gasteiger partial charge is 0.512 e. The summed E-state index contributed by atoms with van der Waals surface area (Å²) in [5.41, 5.74) is -12.3. The maximum Gasteiger partial charge on any atom is 0.512 e. The van der Waals surface area contributed by atoms with Crippen LogP contribution in [0.4, 0.5) is 26.3 Å². The van der Waals surface area contributed by atoms with E-state index in [1.54, 1.807) is 7.11 Å². The fourth-order valence-electron chi connectivity index (χ4n) is 0.239. The van der Waals surface area contributed by atoms with Crippen LogP contribution in [0.15, 0.2) is 0 Å².